The Morgan fingerprint density at radius 3 is 2.73 bits per heavy atom. The van der Waals surface area contributed by atoms with E-state index in [4.69, 9.17) is 4.74 Å². The average molecular weight is 356 g/mol. The first-order chi connectivity index (χ1) is 12.5. The molecule has 2 saturated heterocycles. The second-order valence-corrected chi connectivity index (χ2v) is 7.75. The molecule has 2 aliphatic heterocycles. The van der Waals surface area contributed by atoms with Gasteiger partial charge in [-0.25, -0.2) is 4.98 Å². The number of hydrogen-bond donors (Lipinski definition) is 1. The maximum atomic E-state index is 12.9. The number of aromatic nitrogens is 1. The van der Waals surface area contributed by atoms with Crippen LogP contribution in [0, 0.1) is 36.0 Å². The van der Waals surface area contributed by atoms with E-state index in [1.54, 1.807) is 6.07 Å². The number of carbonyl (C=O) groups excluding carboxylic acids is 1. The van der Waals surface area contributed by atoms with Crippen LogP contribution >= 0.6 is 0 Å². The molecule has 0 spiro atoms. The molecule has 3 heterocycles. The van der Waals surface area contributed by atoms with Crippen LogP contribution in [0.2, 0.25) is 0 Å². The van der Waals surface area contributed by atoms with Crippen molar-refractivity contribution in [3.05, 3.63) is 23.4 Å². The van der Waals surface area contributed by atoms with E-state index < -0.39 is 0 Å². The lowest BCUT2D eigenvalue weighted by atomic mass is 9.91. The molecule has 1 aromatic rings. The molecule has 0 aliphatic carbocycles. The van der Waals surface area contributed by atoms with Crippen molar-refractivity contribution in [1.29, 1.82) is 5.26 Å². The molecule has 0 unspecified atom stereocenters. The van der Waals surface area contributed by atoms with Gasteiger partial charge in [-0.2, -0.15) is 5.26 Å². The van der Waals surface area contributed by atoms with Crippen LogP contribution in [0.3, 0.4) is 0 Å². The molecule has 1 aromatic heterocycles. The average Bonchev–Trinajstić information content (AvgIpc) is 3.06. The zero-order chi connectivity index (χ0) is 18.7. The number of nitriles is 1. The Labute approximate surface area is 155 Å². The van der Waals surface area contributed by atoms with Gasteiger partial charge in [-0.3, -0.25) is 4.79 Å². The van der Waals surface area contributed by atoms with E-state index in [-0.39, 0.29) is 17.9 Å². The van der Waals surface area contributed by atoms with Gasteiger partial charge in [0.1, 0.15) is 11.9 Å². The number of amides is 1. The first-order valence-electron chi connectivity index (χ1n) is 9.50. The summed E-state index contributed by atoms with van der Waals surface area (Å²) in [5.74, 6) is 1.74. The van der Waals surface area contributed by atoms with E-state index in [1.165, 1.54) is 0 Å². The molecule has 0 aromatic carbocycles. The van der Waals surface area contributed by atoms with E-state index in [9.17, 15) is 10.1 Å². The van der Waals surface area contributed by atoms with Crippen molar-refractivity contribution >= 4 is 11.7 Å². The Bertz CT molecular complexity index is 692. The van der Waals surface area contributed by atoms with Gasteiger partial charge in [0, 0.05) is 49.9 Å². The Balaban J connectivity index is 1.75. The van der Waals surface area contributed by atoms with E-state index in [1.807, 2.05) is 17.9 Å². The molecular weight excluding hydrogens is 328 g/mol. The summed E-state index contributed by atoms with van der Waals surface area (Å²) >= 11 is 0. The minimum Gasteiger partial charge on any atom is -0.381 e. The summed E-state index contributed by atoms with van der Waals surface area (Å²) in [6.07, 6.45) is 1.63. The third-order valence-electron chi connectivity index (χ3n) is 5.58. The minimum atomic E-state index is 0.0853. The Hall–Kier alpha value is -2.13. The zero-order valence-corrected chi connectivity index (χ0v) is 15.9. The number of pyridine rings is 1. The van der Waals surface area contributed by atoms with E-state index >= 15 is 0 Å². The normalized spacial score (nSPS) is 23.9. The lowest BCUT2D eigenvalue weighted by Crippen LogP contribution is -2.38. The fraction of sp³-hybridized carbons (Fsp3) is 0.650. The van der Waals surface area contributed by atoms with Crippen LogP contribution in [0.1, 0.15) is 37.9 Å². The van der Waals surface area contributed by atoms with Gasteiger partial charge in [-0.05, 0) is 37.8 Å². The molecule has 0 saturated carbocycles. The summed E-state index contributed by atoms with van der Waals surface area (Å²) in [6.45, 7) is 9.09. The first-order valence-corrected chi connectivity index (χ1v) is 9.50. The van der Waals surface area contributed by atoms with Crippen LogP contribution in [-0.2, 0) is 9.53 Å². The number of aryl methyl sites for hydroxylation is 1. The smallest absolute Gasteiger partial charge is 0.225 e. The molecule has 2 aliphatic rings. The second kappa shape index (κ2) is 8.05. The third kappa shape index (κ3) is 3.99. The molecule has 0 bridgehead atoms. The Morgan fingerprint density at radius 1 is 1.35 bits per heavy atom. The number of anilines is 1. The van der Waals surface area contributed by atoms with Crippen LogP contribution in [0.25, 0.3) is 0 Å². The molecule has 26 heavy (non-hydrogen) atoms. The minimum absolute atomic E-state index is 0.0853. The first kappa shape index (κ1) is 18.7. The Kier molecular flexibility index (Phi) is 5.77. The van der Waals surface area contributed by atoms with Crippen molar-refractivity contribution < 1.29 is 9.53 Å². The monoisotopic (exact) mass is 356 g/mol. The molecule has 0 radical (unpaired) electrons. The number of nitrogens with one attached hydrogen (secondary N) is 1. The van der Waals surface area contributed by atoms with Crippen LogP contribution < -0.4 is 5.32 Å². The summed E-state index contributed by atoms with van der Waals surface area (Å²) in [7, 11) is 0. The lowest BCUT2D eigenvalue weighted by molar-refractivity contribution is -0.137. The zero-order valence-electron chi connectivity index (χ0n) is 15.9. The Morgan fingerprint density at radius 2 is 2.08 bits per heavy atom. The molecule has 1 amide bonds. The van der Waals surface area contributed by atoms with Gasteiger partial charge < -0.3 is 15.0 Å². The van der Waals surface area contributed by atoms with Crippen LogP contribution in [-0.4, -0.2) is 48.1 Å². The number of likely N-dealkylation sites (tertiary alicyclic amines) is 1. The van der Waals surface area contributed by atoms with E-state index in [0.717, 1.165) is 25.1 Å². The predicted octanol–water partition coefficient (Wildman–Crippen LogP) is 2.58. The van der Waals surface area contributed by atoms with Crippen molar-refractivity contribution in [3.8, 4) is 6.07 Å². The number of carbonyl (C=O) groups is 1. The molecule has 140 valence electrons. The number of rotatable bonds is 4. The maximum absolute atomic E-state index is 12.9. The SMILES string of the molecule is Cc1ccc(C#N)c(N[C@H]2CN(C(=O)C3CCOCC3)C[C@@H]2C(C)C)n1. The molecule has 1 N–H and O–H groups in total. The number of nitrogens with zero attached hydrogens (tertiary/aromatic N) is 3. The van der Waals surface area contributed by atoms with Crippen LogP contribution in [0.4, 0.5) is 5.82 Å². The van der Waals surface area contributed by atoms with Gasteiger partial charge in [0.15, 0.2) is 0 Å². The van der Waals surface area contributed by atoms with Crippen LogP contribution in [0.5, 0.6) is 0 Å². The van der Waals surface area contributed by atoms with Crippen molar-refractivity contribution in [2.45, 2.75) is 39.7 Å². The fourth-order valence-corrected chi connectivity index (χ4v) is 3.97. The summed E-state index contributed by atoms with van der Waals surface area (Å²) < 4.78 is 5.39. The molecule has 2 fully saturated rings. The fourth-order valence-electron chi connectivity index (χ4n) is 3.97. The van der Waals surface area contributed by atoms with Crippen LogP contribution in [0.15, 0.2) is 12.1 Å². The third-order valence-corrected chi connectivity index (χ3v) is 5.58. The molecule has 3 rings (SSSR count). The summed E-state index contributed by atoms with van der Waals surface area (Å²) in [5.41, 5.74) is 1.42. The number of hydrogen-bond acceptors (Lipinski definition) is 5. The molecular formula is C20H28N4O2. The second-order valence-electron chi connectivity index (χ2n) is 7.75. The highest BCUT2D eigenvalue weighted by molar-refractivity contribution is 5.79. The quantitative estimate of drug-likeness (QED) is 0.897. The van der Waals surface area contributed by atoms with E-state index in [0.29, 0.717) is 43.0 Å². The summed E-state index contributed by atoms with van der Waals surface area (Å²) in [5, 5.41) is 12.8. The van der Waals surface area contributed by atoms with Gasteiger partial charge in [-0.1, -0.05) is 13.8 Å². The number of ether oxygens (including phenoxy) is 1. The maximum Gasteiger partial charge on any atom is 0.225 e. The lowest BCUT2D eigenvalue weighted by Gasteiger charge is -2.26. The topological polar surface area (TPSA) is 78.2 Å². The van der Waals surface area contributed by atoms with Crippen molar-refractivity contribution in [2.75, 3.05) is 31.6 Å². The molecule has 6 nitrogen and oxygen atoms in total. The van der Waals surface area contributed by atoms with Gasteiger partial charge in [0.2, 0.25) is 5.91 Å². The summed E-state index contributed by atoms with van der Waals surface area (Å²) in [4.78, 5) is 19.4. The highest BCUT2D eigenvalue weighted by Crippen LogP contribution is 2.30. The molecule has 6 heteroatoms. The standard InChI is InChI=1S/C20H28N4O2/c1-13(2)17-11-24(20(25)15-6-8-26-9-7-15)12-18(17)23-19-16(10-21)5-4-14(3)22-19/h4-5,13,15,17-18H,6-9,11-12H2,1-3H3,(H,22,23)/t17-,18+/m1/s1. The van der Waals surface area contributed by atoms with Gasteiger partial charge in [-0.15, -0.1) is 0 Å². The highest BCUT2D eigenvalue weighted by atomic mass is 16.5. The van der Waals surface area contributed by atoms with Gasteiger partial charge in [0.25, 0.3) is 0 Å². The van der Waals surface area contributed by atoms with Crippen molar-refractivity contribution in [1.82, 2.24) is 9.88 Å². The van der Waals surface area contributed by atoms with E-state index in [2.05, 4.69) is 30.2 Å². The van der Waals surface area contributed by atoms with Crippen molar-refractivity contribution in [2.24, 2.45) is 17.8 Å². The van der Waals surface area contributed by atoms with Gasteiger partial charge in [0.05, 0.1) is 5.56 Å². The largest absolute Gasteiger partial charge is 0.381 e. The molecule has 2 atom stereocenters. The predicted molar refractivity (Wildman–Crippen MR) is 99.6 cm³/mol. The highest BCUT2D eigenvalue weighted by Gasteiger charge is 2.39. The van der Waals surface area contributed by atoms with Gasteiger partial charge >= 0.3 is 0 Å². The summed E-state index contributed by atoms with van der Waals surface area (Å²) in [6, 6.07) is 5.97. The van der Waals surface area contributed by atoms with Crippen molar-refractivity contribution in [3.63, 3.8) is 0 Å².